The first-order chi connectivity index (χ1) is 13.7. The summed E-state index contributed by atoms with van der Waals surface area (Å²) in [5.74, 6) is 1.51. The van der Waals surface area contributed by atoms with Gasteiger partial charge in [0.15, 0.2) is 17.0 Å². The van der Waals surface area contributed by atoms with E-state index in [0.29, 0.717) is 13.1 Å². The molecule has 0 fully saturated rings. The van der Waals surface area contributed by atoms with E-state index in [4.69, 9.17) is 4.98 Å². The van der Waals surface area contributed by atoms with E-state index in [9.17, 15) is 0 Å². The Hall–Kier alpha value is -3.48. The lowest BCUT2D eigenvalue weighted by molar-refractivity contribution is 0.617. The zero-order chi connectivity index (χ0) is 19.3. The fraction of sp³-hybridized carbons (Fsp3) is 0.238. The summed E-state index contributed by atoms with van der Waals surface area (Å²) in [5.41, 5.74) is 3.86. The van der Waals surface area contributed by atoms with Crippen LogP contribution in [0.3, 0.4) is 0 Å². The van der Waals surface area contributed by atoms with Gasteiger partial charge >= 0.3 is 0 Å². The number of nitrogens with one attached hydrogen (secondary N) is 2. The molecule has 142 valence electrons. The smallest absolute Gasteiger partial charge is 0.205 e. The highest BCUT2D eigenvalue weighted by molar-refractivity contribution is 5.85. The fourth-order valence-electron chi connectivity index (χ4n) is 3.12. The van der Waals surface area contributed by atoms with Gasteiger partial charge in [-0.1, -0.05) is 36.4 Å². The van der Waals surface area contributed by atoms with Gasteiger partial charge in [-0.05, 0) is 31.0 Å². The number of fused-ring (bicyclic) bond motifs is 1. The van der Waals surface area contributed by atoms with Crippen molar-refractivity contribution in [3.05, 3.63) is 72.3 Å². The minimum atomic E-state index is 0.207. The van der Waals surface area contributed by atoms with Crippen molar-refractivity contribution in [2.24, 2.45) is 0 Å². The maximum atomic E-state index is 4.81. The van der Waals surface area contributed by atoms with Crippen molar-refractivity contribution in [2.45, 2.75) is 33.0 Å². The lowest BCUT2D eigenvalue weighted by Gasteiger charge is -2.13. The van der Waals surface area contributed by atoms with Crippen LogP contribution < -0.4 is 10.6 Å². The molecular weight excluding hydrogens is 350 g/mol. The van der Waals surface area contributed by atoms with E-state index in [1.54, 1.807) is 12.5 Å². The van der Waals surface area contributed by atoms with Gasteiger partial charge in [0.1, 0.15) is 6.33 Å². The Bertz CT molecular complexity index is 1040. The van der Waals surface area contributed by atoms with E-state index in [1.807, 2.05) is 36.5 Å². The van der Waals surface area contributed by atoms with Gasteiger partial charge in [-0.25, -0.2) is 15.0 Å². The van der Waals surface area contributed by atoms with Crippen LogP contribution in [-0.2, 0) is 13.1 Å². The van der Waals surface area contributed by atoms with Gasteiger partial charge < -0.3 is 10.6 Å². The molecule has 0 saturated heterocycles. The molecule has 7 nitrogen and oxygen atoms in total. The summed E-state index contributed by atoms with van der Waals surface area (Å²) in [6.07, 6.45) is 5.20. The zero-order valence-corrected chi connectivity index (χ0v) is 16.0. The summed E-state index contributed by atoms with van der Waals surface area (Å²) >= 11 is 0. The van der Waals surface area contributed by atoms with Crippen LogP contribution in [0.1, 0.15) is 31.0 Å². The molecule has 0 atom stereocenters. The molecule has 2 N–H and O–H groups in total. The Kier molecular flexibility index (Phi) is 5.14. The molecule has 1 aromatic carbocycles. The monoisotopic (exact) mass is 373 g/mol. The zero-order valence-electron chi connectivity index (χ0n) is 16.0. The third kappa shape index (κ3) is 3.78. The third-order valence-electron chi connectivity index (χ3n) is 4.47. The van der Waals surface area contributed by atoms with E-state index < -0.39 is 0 Å². The Balaban J connectivity index is 1.63. The maximum absolute atomic E-state index is 4.81. The molecule has 28 heavy (non-hydrogen) atoms. The Morgan fingerprint density at radius 2 is 1.71 bits per heavy atom. The average molecular weight is 373 g/mol. The van der Waals surface area contributed by atoms with Crippen molar-refractivity contribution >= 4 is 22.9 Å². The van der Waals surface area contributed by atoms with Gasteiger partial charge in [0, 0.05) is 31.5 Å². The number of rotatable bonds is 7. The normalized spacial score (nSPS) is 11.1. The number of anilines is 2. The SMILES string of the molecule is CC(C)n1c(NCc2cccnc2)nc2c(NCc3ccccc3)ncnc21. The lowest BCUT2D eigenvalue weighted by atomic mass is 10.2. The molecule has 4 aromatic rings. The lowest BCUT2D eigenvalue weighted by Crippen LogP contribution is -2.10. The molecule has 0 unspecified atom stereocenters. The number of hydrogen-bond donors (Lipinski definition) is 2. The Morgan fingerprint density at radius 3 is 2.46 bits per heavy atom. The Morgan fingerprint density at radius 1 is 0.929 bits per heavy atom. The highest BCUT2D eigenvalue weighted by atomic mass is 15.3. The molecule has 0 radical (unpaired) electrons. The molecule has 0 aliphatic carbocycles. The maximum Gasteiger partial charge on any atom is 0.205 e. The standard InChI is InChI=1S/C21H23N7/c1-15(2)28-20-18(27-21(28)24-13-17-9-6-10-22-11-17)19(25-14-26-20)23-12-16-7-4-3-5-8-16/h3-11,14-15H,12-13H2,1-2H3,(H,24,27)(H,23,25,26). The van der Waals surface area contributed by atoms with Crippen LogP contribution in [0.15, 0.2) is 61.2 Å². The van der Waals surface area contributed by atoms with Crippen molar-refractivity contribution in [2.75, 3.05) is 10.6 Å². The van der Waals surface area contributed by atoms with E-state index in [0.717, 1.165) is 28.5 Å². The van der Waals surface area contributed by atoms with Crippen molar-refractivity contribution < 1.29 is 0 Å². The van der Waals surface area contributed by atoms with Crippen LogP contribution in [0.2, 0.25) is 0 Å². The summed E-state index contributed by atoms with van der Waals surface area (Å²) in [7, 11) is 0. The number of aromatic nitrogens is 5. The topological polar surface area (TPSA) is 80.5 Å². The quantitative estimate of drug-likeness (QED) is 0.509. The second kappa shape index (κ2) is 8.04. The minimum Gasteiger partial charge on any atom is -0.364 e. The summed E-state index contributed by atoms with van der Waals surface area (Å²) in [6, 6.07) is 14.4. The number of hydrogen-bond acceptors (Lipinski definition) is 6. The molecule has 0 aliphatic heterocycles. The van der Waals surface area contributed by atoms with E-state index in [2.05, 4.69) is 56.1 Å². The van der Waals surface area contributed by atoms with Crippen LogP contribution in [0.4, 0.5) is 11.8 Å². The molecule has 0 saturated carbocycles. The molecular formula is C21H23N7. The predicted molar refractivity (Wildman–Crippen MR) is 111 cm³/mol. The van der Waals surface area contributed by atoms with E-state index in [1.165, 1.54) is 5.56 Å². The predicted octanol–water partition coefficient (Wildman–Crippen LogP) is 4.03. The van der Waals surface area contributed by atoms with Crippen LogP contribution in [0, 0.1) is 0 Å². The highest BCUT2D eigenvalue weighted by Gasteiger charge is 2.17. The van der Waals surface area contributed by atoms with E-state index >= 15 is 0 Å². The summed E-state index contributed by atoms with van der Waals surface area (Å²) in [4.78, 5) is 17.9. The molecule has 0 aliphatic rings. The van der Waals surface area contributed by atoms with Crippen molar-refractivity contribution in [1.29, 1.82) is 0 Å². The summed E-state index contributed by atoms with van der Waals surface area (Å²) < 4.78 is 2.10. The number of nitrogens with zero attached hydrogens (tertiary/aromatic N) is 5. The summed E-state index contributed by atoms with van der Waals surface area (Å²) in [6.45, 7) is 5.56. The number of benzene rings is 1. The highest BCUT2D eigenvalue weighted by Crippen LogP contribution is 2.27. The fourth-order valence-corrected chi connectivity index (χ4v) is 3.12. The summed E-state index contributed by atoms with van der Waals surface area (Å²) in [5, 5.41) is 6.81. The van der Waals surface area contributed by atoms with Gasteiger partial charge in [0.05, 0.1) is 0 Å². The van der Waals surface area contributed by atoms with Crippen molar-refractivity contribution in [1.82, 2.24) is 24.5 Å². The number of imidazole rings is 1. The first kappa shape index (κ1) is 17.9. The average Bonchev–Trinajstić information content (AvgIpc) is 3.11. The van der Waals surface area contributed by atoms with Gasteiger partial charge in [0.25, 0.3) is 0 Å². The van der Waals surface area contributed by atoms with Crippen LogP contribution in [0.5, 0.6) is 0 Å². The molecule has 3 heterocycles. The van der Waals surface area contributed by atoms with Gasteiger partial charge in [-0.15, -0.1) is 0 Å². The molecule has 3 aromatic heterocycles. The Labute approximate surface area is 163 Å². The second-order valence-corrected chi connectivity index (χ2v) is 6.85. The first-order valence-electron chi connectivity index (χ1n) is 9.36. The minimum absolute atomic E-state index is 0.207. The van der Waals surface area contributed by atoms with Crippen molar-refractivity contribution in [3.8, 4) is 0 Å². The van der Waals surface area contributed by atoms with E-state index in [-0.39, 0.29) is 6.04 Å². The molecule has 0 amide bonds. The van der Waals surface area contributed by atoms with Crippen LogP contribution in [0.25, 0.3) is 11.2 Å². The van der Waals surface area contributed by atoms with Crippen LogP contribution in [-0.4, -0.2) is 24.5 Å². The van der Waals surface area contributed by atoms with Crippen molar-refractivity contribution in [3.63, 3.8) is 0 Å². The van der Waals surface area contributed by atoms with Gasteiger partial charge in [-0.3, -0.25) is 9.55 Å². The largest absolute Gasteiger partial charge is 0.364 e. The second-order valence-electron chi connectivity index (χ2n) is 6.85. The molecule has 0 spiro atoms. The third-order valence-corrected chi connectivity index (χ3v) is 4.47. The number of pyridine rings is 1. The molecule has 7 heteroatoms. The molecule has 0 bridgehead atoms. The first-order valence-corrected chi connectivity index (χ1v) is 9.36. The van der Waals surface area contributed by atoms with Gasteiger partial charge in [-0.2, -0.15) is 0 Å². The van der Waals surface area contributed by atoms with Crippen LogP contribution >= 0.6 is 0 Å². The van der Waals surface area contributed by atoms with Gasteiger partial charge in [0.2, 0.25) is 5.95 Å². The molecule has 4 rings (SSSR count).